The molecule has 28 nitrogen and oxygen atoms in total. The van der Waals surface area contributed by atoms with Crippen LogP contribution in [-0.4, -0.2) is 201 Å². The number of hydrogen-bond donors (Lipinski definition) is 8. The molecule has 542 valence electrons. The number of nitrogens with zero attached hydrogens (tertiary/aromatic N) is 4. The van der Waals surface area contributed by atoms with Gasteiger partial charge in [0.2, 0.25) is 51.4 Å². The van der Waals surface area contributed by atoms with Crippen LogP contribution in [-0.2, 0) is 80.4 Å². The first-order valence-electron chi connectivity index (χ1n) is 34.2. The molecule has 1 aliphatic carbocycles. The van der Waals surface area contributed by atoms with E-state index in [0.29, 0.717) is 75.6 Å². The quantitative estimate of drug-likeness (QED) is 0.0350. The minimum Gasteiger partial charge on any atom is -0.445 e. The molecule has 29 heteroatoms. The van der Waals surface area contributed by atoms with Gasteiger partial charge in [-0.05, 0) is 111 Å². The summed E-state index contributed by atoms with van der Waals surface area (Å²) in [7, 11) is 0.622. The highest BCUT2D eigenvalue weighted by Gasteiger charge is 2.53. The molecule has 2 saturated heterocycles. The topological polar surface area (TPSA) is 387 Å². The van der Waals surface area contributed by atoms with Crippen molar-refractivity contribution in [3.8, 4) is 0 Å². The van der Waals surface area contributed by atoms with E-state index in [1.165, 1.54) is 31.3 Å². The number of likely N-dealkylation sites (N-methyl/N-ethyl adjacent to an activating group) is 1. The number of amides is 12. The first-order valence-corrected chi connectivity index (χ1v) is 36.0. The number of primary sulfonamides is 1. The van der Waals surface area contributed by atoms with E-state index in [1.807, 2.05) is 58.0 Å². The third-order valence-electron chi connectivity index (χ3n) is 19.3. The number of urea groups is 1. The van der Waals surface area contributed by atoms with E-state index < -0.39 is 124 Å². The second kappa shape index (κ2) is 37.2. The third kappa shape index (κ3) is 22.2. The summed E-state index contributed by atoms with van der Waals surface area (Å²) in [6.45, 7) is 13.3. The number of rotatable bonds is 38. The van der Waals surface area contributed by atoms with E-state index in [4.69, 9.17) is 25.1 Å². The summed E-state index contributed by atoms with van der Waals surface area (Å²) in [4.78, 5) is 154. The van der Waals surface area contributed by atoms with Crippen molar-refractivity contribution in [2.24, 2.45) is 40.5 Å². The van der Waals surface area contributed by atoms with Crippen molar-refractivity contribution in [2.75, 3.05) is 52.0 Å². The molecular formula is C69H104N12O16S. The Bertz CT molecular complexity index is 3230. The fourth-order valence-electron chi connectivity index (χ4n) is 13.9. The minimum atomic E-state index is -3.97. The molecule has 2 aromatic rings. The summed E-state index contributed by atoms with van der Waals surface area (Å²) < 4.78 is 42.5. The molecule has 13 atom stereocenters. The van der Waals surface area contributed by atoms with Gasteiger partial charge in [-0.15, -0.1) is 0 Å². The summed E-state index contributed by atoms with van der Waals surface area (Å²) in [6.07, 6.45) is 5.83. The Hall–Kier alpha value is -8.02. The molecule has 6 rings (SSSR count). The number of anilines is 1. The number of methoxy groups -OCH3 is 2. The van der Waals surface area contributed by atoms with Crippen LogP contribution < -0.4 is 42.8 Å². The van der Waals surface area contributed by atoms with Crippen LogP contribution in [0.5, 0.6) is 0 Å². The van der Waals surface area contributed by atoms with Gasteiger partial charge in [-0.3, -0.25) is 53.0 Å². The van der Waals surface area contributed by atoms with E-state index in [0.717, 1.165) is 10.5 Å². The number of benzene rings is 2. The number of carbonyl (C=O) groups is 11. The predicted molar refractivity (Wildman–Crippen MR) is 365 cm³/mol. The van der Waals surface area contributed by atoms with E-state index >= 15 is 0 Å². The SMILES string of the molecule is CC[C@H](C)[C@@H]([C@@H](CC(=O)N1CCC[C@H]1[C@H](OC)[C@@H](C)C(=O)N[C@@H](Cc1ccccc1)CS(N)(=O)=O)OC)N(C)C(=O)[C@@H](NC(=O)[C@@H]1[C@H]2CCC(C2)N1C(=O)OCc1ccc(NC(=O)[C@H](CCCNC(N)=O)NC(=O)[C@@H](NC(=O)CCCCCN2C(=O)C=CC2=O)C(C)C)cc1)C(C)C. The van der Waals surface area contributed by atoms with Gasteiger partial charge in [0.25, 0.3) is 11.8 Å². The maximum Gasteiger partial charge on any atom is 0.411 e. The number of imide groups is 1. The van der Waals surface area contributed by atoms with Gasteiger partial charge >= 0.3 is 12.1 Å². The highest BCUT2D eigenvalue weighted by Crippen LogP contribution is 2.43. The number of carbonyl (C=O) groups excluding carboxylic acids is 11. The molecule has 3 heterocycles. The van der Waals surface area contributed by atoms with Crippen LogP contribution in [0, 0.1) is 29.6 Å². The summed E-state index contributed by atoms with van der Waals surface area (Å²) >= 11 is 0. The monoisotopic (exact) mass is 1390 g/mol. The highest BCUT2D eigenvalue weighted by atomic mass is 32.2. The van der Waals surface area contributed by atoms with E-state index in [1.54, 1.807) is 61.9 Å². The maximum absolute atomic E-state index is 14.9. The number of primary amides is 1. The van der Waals surface area contributed by atoms with E-state index in [2.05, 4.69) is 31.9 Å². The number of nitrogens with two attached hydrogens (primary N) is 2. The number of piperidine rings is 1. The Morgan fingerprint density at radius 2 is 1.43 bits per heavy atom. The first-order chi connectivity index (χ1) is 46.5. The number of unbranched alkanes of at least 4 members (excludes halogenated alkanes) is 2. The number of nitrogens with one attached hydrogen (secondary N) is 6. The molecule has 0 spiro atoms. The zero-order valence-corrected chi connectivity index (χ0v) is 59.1. The van der Waals surface area contributed by atoms with Gasteiger partial charge in [0.1, 0.15) is 30.8 Å². The molecule has 0 aromatic heterocycles. The lowest BCUT2D eigenvalue weighted by atomic mass is 9.89. The van der Waals surface area contributed by atoms with Crippen LogP contribution in [0.25, 0.3) is 0 Å². The Kier molecular flexibility index (Phi) is 30.0. The largest absolute Gasteiger partial charge is 0.445 e. The molecule has 1 saturated carbocycles. The Balaban J connectivity index is 1.05. The van der Waals surface area contributed by atoms with Gasteiger partial charge in [0.15, 0.2) is 0 Å². The van der Waals surface area contributed by atoms with Gasteiger partial charge in [-0.25, -0.2) is 23.1 Å². The van der Waals surface area contributed by atoms with Crippen LogP contribution in [0.2, 0.25) is 0 Å². The third-order valence-corrected chi connectivity index (χ3v) is 20.2. The number of likely N-dealkylation sites (tertiary alicyclic amines) is 2. The molecule has 3 aliphatic heterocycles. The molecule has 12 amide bonds. The minimum absolute atomic E-state index is 0.0848. The Morgan fingerprint density at radius 3 is 2.04 bits per heavy atom. The second-order valence-electron chi connectivity index (χ2n) is 27.1. The lowest BCUT2D eigenvalue weighted by molar-refractivity contribution is -0.148. The maximum atomic E-state index is 14.9. The van der Waals surface area contributed by atoms with Crippen LogP contribution in [0.4, 0.5) is 15.3 Å². The Morgan fingerprint density at radius 1 is 0.755 bits per heavy atom. The second-order valence-corrected chi connectivity index (χ2v) is 28.8. The van der Waals surface area contributed by atoms with Crippen molar-refractivity contribution in [3.05, 3.63) is 77.9 Å². The normalized spacial score (nSPS) is 20.2. The molecule has 4 aliphatic rings. The van der Waals surface area contributed by atoms with Crippen molar-refractivity contribution >= 4 is 81.0 Å². The van der Waals surface area contributed by atoms with Crippen molar-refractivity contribution in [2.45, 2.75) is 206 Å². The van der Waals surface area contributed by atoms with Crippen molar-refractivity contribution in [1.82, 2.24) is 46.2 Å². The average Bonchev–Trinajstić information content (AvgIpc) is 1.60. The molecule has 0 radical (unpaired) electrons. The summed E-state index contributed by atoms with van der Waals surface area (Å²) in [6, 6.07) is 8.47. The first kappa shape index (κ1) is 79.0. The van der Waals surface area contributed by atoms with Crippen molar-refractivity contribution in [3.63, 3.8) is 0 Å². The molecular weight excluding hydrogens is 1280 g/mol. The van der Waals surface area contributed by atoms with Gasteiger partial charge in [-0.2, -0.15) is 0 Å². The summed E-state index contributed by atoms with van der Waals surface area (Å²) in [5.74, 6) is -6.45. The highest BCUT2D eigenvalue weighted by molar-refractivity contribution is 7.89. The van der Waals surface area contributed by atoms with Crippen LogP contribution in [0.15, 0.2) is 66.7 Å². The average molecular weight is 1390 g/mol. The molecule has 2 bridgehead atoms. The molecule has 10 N–H and O–H groups in total. The van der Waals surface area contributed by atoms with Gasteiger partial charge < -0.3 is 61.6 Å². The zero-order chi connectivity index (χ0) is 72.1. The van der Waals surface area contributed by atoms with Crippen LogP contribution in [0.3, 0.4) is 0 Å². The fraction of sp³-hybridized carbons (Fsp3) is 0.638. The summed E-state index contributed by atoms with van der Waals surface area (Å²) in [5, 5.41) is 22.2. The van der Waals surface area contributed by atoms with Gasteiger partial charge in [0, 0.05) is 77.2 Å². The van der Waals surface area contributed by atoms with Crippen LogP contribution >= 0.6 is 0 Å². The molecule has 98 heavy (non-hydrogen) atoms. The lowest BCUT2D eigenvalue weighted by Gasteiger charge is -2.41. The molecule has 3 fully saturated rings. The zero-order valence-electron chi connectivity index (χ0n) is 58.3. The number of sulfonamides is 1. The van der Waals surface area contributed by atoms with Gasteiger partial charge in [-0.1, -0.05) is 104 Å². The number of ether oxygens (including phenoxy) is 3. The predicted octanol–water partition coefficient (Wildman–Crippen LogP) is 3.75. The Labute approximate surface area is 575 Å². The number of fused-ring (bicyclic) bond motifs is 2. The van der Waals surface area contributed by atoms with Crippen LogP contribution in [0.1, 0.15) is 143 Å². The molecule has 2 aromatic carbocycles. The smallest absolute Gasteiger partial charge is 0.411 e. The summed E-state index contributed by atoms with van der Waals surface area (Å²) in [5.41, 5.74) is 6.96. The van der Waals surface area contributed by atoms with Gasteiger partial charge in [0.05, 0.1) is 42.4 Å². The number of hydrogen-bond acceptors (Lipinski definition) is 16. The molecule has 1 unspecified atom stereocenters. The lowest BCUT2D eigenvalue weighted by Crippen LogP contribution is -2.60. The standard InChI is InChI=1S/C69H104N12O16S/c1-11-43(6)60(53(95-9)38-57(85)79-35-19-23-52(79)62(96-10)44(7)63(86)74-49(40-98(71,93)94)36-45-20-14-12-15-21-45)78(8)67(90)59(42(4)5)77-66(89)61-47-27-30-50(37-47)81(61)69(92)97-39-46-25-28-48(29-26-46)73-64(87)51(22-18-33-72-68(70)91)75-65(88)58(41(2)3)76-54(82)24-16-13-17-34-80-55(83)31-32-56(80)84/h12,14-15,20-21,25-26,28-29,31-32,41-44,47,49-53,58-62H,11,13,16-19,22-24,27,30,33-40H2,1-10H3,(H,73,87)(H,74,86)(H,75,88)(H,76,82)(H,77,89)(H3,70,72,91)(H2,71,93,94)/t43-,44+,47-,49-,50?,51-,52-,53+,58-,59-,60-,61-,62+/m0/s1. The van der Waals surface area contributed by atoms with Crippen molar-refractivity contribution < 1.29 is 75.4 Å². The van der Waals surface area contributed by atoms with E-state index in [9.17, 15) is 61.2 Å². The van der Waals surface area contributed by atoms with E-state index in [-0.39, 0.29) is 99.2 Å². The fourth-order valence-corrected chi connectivity index (χ4v) is 14.6. The van der Waals surface area contributed by atoms with Crippen molar-refractivity contribution in [1.29, 1.82) is 0 Å².